The molecule has 0 saturated carbocycles. The number of carboxylic acid groups (broad SMARTS) is 1. The fourth-order valence-electron chi connectivity index (χ4n) is 0.695. The van der Waals surface area contributed by atoms with Gasteiger partial charge in [-0.25, -0.2) is 4.79 Å². The van der Waals surface area contributed by atoms with Gasteiger partial charge in [0.2, 0.25) is 0 Å². The Morgan fingerprint density at radius 2 is 1.85 bits per heavy atom. The molecule has 0 unspecified atom stereocenters. The Morgan fingerprint density at radius 1 is 1.31 bits per heavy atom. The summed E-state index contributed by atoms with van der Waals surface area (Å²) in [5, 5.41) is 17.5. The lowest BCUT2D eigenvalue weighted by Crippen LogP contribution is -1.95. The zero-order valence-electron chi connectivity index (χ0n) is 6.48. The molecule has 1 aromatic carbocycles. The van der Waals surface area contributed by atoms with Crippen molar-refractivity contribution in [2.45, 2.75) is 4.90 Å². The van der Waals surface area contributed by atoms with Gasteiger partial charge < -0.3 is 21.2 Å². The van der Waals surface area contributed by atoms with E-state index in [2.05, 4.69) is 12.6 Å². The average Bonchev–Trinajstić information content (AvgIpc) is 1.94. The minimum Gasteiger partial charge on any atom is -0.507 e. The molecule has 0 radical (unpaired) electrons. The Labute approximate surface area is 79.7 Å². The lowest BCUT2D eigenvalue weighted by molar-refractivity contribution is 0.0693. The van der Waals surface area contributed by atoms with Gasteiger partial charge in [-0.15, -0.1) is 12.6 Å². The quantitative estimate of drug-likeness (QED) is 0.548. The third kappa shape index (κ3) is 3.32. The number of phenols is 1. The van der Waals surface area contributed by atoms with Crippen LogP contribution in [0, 0.1) is 0 Å². The highest BCUT2D eigenvalue weighted by molar-refractivity contribution is 7.80. The first-order valence-electron chi connectivity index (χ1n) is 2.86. The van der Waals surface area contributed by atoms with Crippen molar-refractivity contribution in [1.29, 1.82) is 0 Å². The second-order valence-electron chi connectivity index (χ2n) is 2.01. The van der Waals surface area contributed by atoms with Crippen LogP contribution < -0.4 is 0 Å². The van der Waals surface area contributed by atoms with E-state index in [9.17, 15) is 4.79 Å². The summed E-state index contributed by atoms with van der Waals surface area (Å²) in [4.78, 5) is 10.9. The summed E-state index contributed by atoms with van der Waals surface area (Å²) in [5.41, 5.74) is -0.127. The minimum atomic E-state index is -1.15. The van der Waals surface area contributed by atoms with Gasteiger partial charge in [-0.3, -0.25) is 0 Å². The van der Waals surface area contributed by atoms with E-state index in [1.807, 2.05) is 0 Å². The topological polar surface area (TPSA) is 121 Å². The summed E-state index contributed by atoms with van der Waals surface area (Å²) in [6, 6.07) is 4.11. The van der Waals surface area contributed by atoms with Crippen LogP contribution in [-0.4, -0.2) is 27.1 Å². The Balaban J connectivity index is 0. The van der Waals surface area contributed by atoms with E-state index in [1.54, 1.807) is 0 Å². The van der Waals surface area contributed by atoms with E-state index in [0.29, 0.717) is 4.90 Å². The van der Waals surface area contributed by atoms with Crippen LogP contribution in [0.1, 0.15) is 10.4 Å². The molecule has 5 nitrogen and oxygen atoms in total. The normalized spacial score (nSPS) is 8.08. The van der Waals surface area contributed by atoms with Gasteiger partial charge in [-0.1, -0.05) is 0 Å². The molecule has 0 atom stereocenters. The number of aromatic carboxylic acids is 1. The van der Waals surface area contributed by atoms with Crippen molar-refractivity contribution in [1.82, 2.24) is 0 Å². The van der Waals surface area contributed by atoms with Gasteiger partial charge in [-0.05, 0) is 18.2 Å². The molecule has 0 bridgehead atoms. The van der Waals surface area contributed by atoms with Gasteiger partial charge in [0.25, 0.3) is 0 Å². The highest BCUT2D eigenvalue weighted by Crippen LogP contribution is 2.19. The summed E-state index contributed by atoms with van der Waals surface area (Å²) in [5.74, 6) is -1.39. The fraction of sp³-hybridized carbons (Fsp3) is 0. The highest BCUT2D eigenvalue weighted by Gasteiger charge is 2.08. The van der Waals surface area contributed by atoms with Crippen molar-refractivity contribution in [3.8, 4) is 5.75 Å². The summed E-state index contributed by atoms with van der Waals surface area (Å²) >= 11 is 3.92. The summed E-state index contributed by atoms with van der Waals surface area (Å²) in [7, 11) is 0. The summed E-state index contributed by atoms with van der Waals surface area (Å²) in [6.45, 7) is 0. The predicted molar refractivity (Wildman–Crippen MR) is 49.5 cm³/mol. The standard InChI is InChI=1S/C7H6O3S.2H2O/c8-6-2-1-4(11)3-5(6)7(9)10;;/h1-3,8,11H,(H,9,10);2*1H2. The first-order valence-corrected chi connectivity index (χ1v) is 3.31. The number of carbonyl (C=O) groups is 1. The van der Waals surface area contributed by atoms with E-state index >= 15 is 0 Å². The van der Waals surface area contributed by atoms with Gasteiger partial charge in [0, 0.05) is 4.90 Å². The van der Waals surface area contributed by atoms with Crippen LogP contribution in [0.25, 0.3) is 0 Å². The average molecular weight is 206 g/mol. The molecule has 0 aromatic heterocycles. The Kier molecular flexibility index (Phi) is 5.95. The summed E-state index contributed by atoms with van der Waals surface area (Å²) in [6.07, 6.45) is 0. The molecule has 1 aromatic rings. The number of thiol groups is 1. The van der Waals surface area contributed by atoms with Gasteiger partial charge in [0.05, 0.1) is 0 Å². The molecule has 1 rings (SSSR count). The number of rotatable bonds is 1. The molecule has 13 heavy (non-hydrogen) atoms. The van der Waals surface area contributed by atoms with Crippen molar-refractivity contribution < 1.29 is 26.0 Å². The van der Waals surface area contributed by atoms with Crippen LogP contribution in [0.4, 0.5) is 0 Å². The molecule has 74 valence electrons. The number of aromatic hydroxyl groups is 1. The predicted octanol–water partition coefficient (Wildman–Crippen LogP) is -0.270. The van der Waals surface area contributed by atoms with Crippen molar-refractivity contribution >= 4 is 18.6 Å². The largest absolute Gasteiger partial charge is 0.507 e. The molecule has 0 aliphatic carbocycles. The molecular weight excluding hydrogens is 196 g/mol. The van der Waals surface area contributed by atoms with Gasteiger partial charge >= 0.3 is 5.97 Å². The van der Waals surface area contributed by atoms with Crippen molar-refractivity contribution in [2.24, 2.45) is 0 Å². The zero-order chi connectivity index (χ0) is 8.43. The highest BCUT2D eigenvalue weighted by atomic mass is 32.1. The lowest BCUT2D eigenvalue weighted by atomic mass is 10.2. The molecular formula is C7H10O5S. The fourth-order valence-corrected chi connectivity index (χ4v) is 0.899. The molecule has 0 amide bonds. The SMILES string of the molecule is O.O.O=C(O)c1cc(S)ccc1O. The van der Waals surface area contributed by atoms with Crippen molar-refractivity contribution in [2.75, 3.05) is 0 Å². The van der Waals surface area contributed by atoms with Gasteiger partial charge in [0.15, 0.2) is 0 Å². The maximum Gasteiger partial charge on any atom is 0.339 e. The number of carboxylic acids is 1. The molecule has 6 N–H and O–H groups in total. The lowest BCUT2D eigenvalue weighted by Gasteiger charge is -1.98. The number of benzene rings is 1. The minimum absolute atomic E-state index is 0. The third-order valence-corrected chi connectivity index (χ3v) is 1.49. The maximum atomic E-state index is 10.4. The van der Waals surface area contributed by atoms with Crippen molar-refractivity contribution in [3.63, 3.8) is 0 Å². The molecule has 0 aliphatic heterocycles. The Bertz CT molecular complexity index is 299. The molecule has 0 fully saturated rings. The van der Waals surface area contributed by atoms with Crippen LogP contribution in [-0.2, 0) is 0 Å². The van der Waals surface area contributed by atoms with Crippen LogP contribution in [0.5, 0.6) is 5.75 Å². The molecule has 0 spiro atoms. The maximum absolute atomic E-state index is 10.4. The van der Waals surface area contributed by atoms with E-state index in [-0.39, 0.29) is 22.3 Å². The number of hydrogen-bond donors (Lipinski definition) is 3. The Morgan fingerprint density at radius 3 is 2.23 bits per heavy atom. The molecule has 0 aliphatic rings. The zero-order valence-corrected chi connectivity index (χ0v) is 7.38. The Hall–Kier alpha value is -1.24. The smallest absolute Gasteiger partial charge is 0.339 e. The van der Waals surface area contributed by atoms with Gasteiger partial charge in [0.1, 0.15) is 11.3 Å². The second-order valence-corrected chi connectivity index (χ2v) is 2.52. The van der Waals surface area contributed by atoms with E-state index < -0.39 is 5.97 Å². The first-order chi connectivity index (χ1) is 5.11. The van der Waals surface area contributed by atoms with E-state index in [4.69, 9.17) is 10.2 Å². The van der Waals surface area contributed by atoms with Crippen molar-refractivity contribution in [3.05, 3.63) is 23.8 Å². The molecule has 0 saturated heterocycles. The van der Waals surface area contributed by atoms with E-state index in [0.717, 1.165) is 0 Å². The third-order valence-electron chi connectivity index (χ3n) is 1.21. The van der Waals surface area contributed by atoms with Crippen LogP contribution in [0.15, 0.2) is 23.1 Å². The first kappa shape index (κ1) is 14.3. The van der Waals surface area contributed by atoms with Crippen LogP contribution in [0.2, 0.25) is 0 Å². The molecule has 6 heteroatoms. The van der Waals surface area contributed by atoms with Gasteiger partial charge in [-0.2, -0.15) is 0 Å². The molecule has 0 heterocycles. The monoisotopic (exact) mass is 206 g/mol. The second kappa shape index (κ2) is 5.41. The van der Waals surface area contributed by atoms with E-state index in [1.165, 1.54) is 18.2 Å². The summed E-state index contributed by atoms with van der Waals surface area (Å²) < 4.78 is 0. The van der Waals surface area contributed by atoms with Crippen LogP contribution in [0.3, 0.4) is 0 Å². The number of hydrogen-bond acceptors (Lipinski definition) is 3. The van der Waals surface area contributed by atoms with Crippen LogP contribution >= 0.6 is 12.6 Å².